The molecule has 2 heterocycles. The fraction of sp³-hybridized carbons (Fsp3) is 0.368. The van der Waals surface area contributed by atoms with Crippen molar-refractivity contribution in [3.05, 3.63) is 47.0 Å². The standard InChI is InChI=1S/C19H21NO4/c1-12-15-9-18(22-2)16(21)8-14(15)5-6-20(12)10-13-3-4-17-19(7-13)24-11-23-17/h3-4,7-9,12,21H,5-6,10-11H2,1-2H3/t12-/m0/s1. The molecule has 0 saturated heterocycles. The maximum atomic E-state index is 9.98. The van der Waals surface area contributed by atoms with Gasteiger partial charge in [-0.3, -0.25) is 4.90 Å². The number of aromatic hydroxyl groups is 1. The van der Waals surface area contributed by atoms with Crippen molar-refractivity contribution in [3.8, 4) is 23.0 Å². The minimum atomic E-state index is 0.215. The van der Waals surface area contributed by atoms with Gasteiger partial charge in [0.2, 0.25) is 6.79 Å². The van der Waals surface area contributed by atoms with Gasteiger partial charge in [-0.1, -0.05) is 6.07 Å². The van der Waals surface area contributed by atoms with E-state index in [1.165, 1.54) is 16.7 Å². The van der Waals surface area contributed by atoms with Gasteiger partial charge >= 0.3 is 0 Å². The SMILES string of the molecule is COc1cc2c(cc1O)CCN(Cc1ccc3c(c1)OCO3)[C@H]2C. The molecule has 2 aromatic rings. The van der Waals surface area contributed by atoms with Crippen LogP contribution in [0.4, 0.5) is 0 Å². The molecule has 0 fully saturated rings. The largest absolute Gasteiger partial charge is 0.504 e. The second-order valence-electron chi connectivity index (χ2n) is 6.31. The van der Waals surface area contributed by atoms with E-state index in [0.29, 0.717) is 12.5 Å². The third-order valence-corrected chi connectivity index (χ3v) is 4.93. The quantitative estimate of drug-likeness (QED) is 0.938. The molecule has 0 radical (unpaired) electrons. The summed E-state index contributed by atoms with van der Waals surface area (Å²) in [6, 6.07) is 10.2. The molecule has 1 N–H and O–H groups in total. The zero-order valence-corrected chi connectivity index (χ0v) is 13.9. The van der Waals surface area contributed by atoms with Crippen molar-refractivity contribution in [1.82, 2.24) is 4.90 Å². The average molecular weight is 327 g/mol. The Hall–Kier alpha value is -2.40. The molecule has 2 aliphatic heterocycles. The Labute approximate surface area is 141 Å². The van der Waals surface area contributed by atoms with E-state index in [9.17, 15) is 5.11 Å². The summed E-state index contributed by atoms with van der Waals surface area (Å²) in [7, 11) is 1.58. The Kier molecular flexibility index (Phi) is 3.73. The van der Waals surface area contributed by atoms with Gasteiger partial charge in [0.15, 0.2) is 23.0 Å². The van der Waals surface area contributed by atoms with Crippen LogP contribution in [0.5, 0.6) is 23.0 Å². The summed E-state index contributed by atoms with van der Waals surface area (Å²) >= 11 is 0. The van der Waals surface area contributed by atoms with Crippen LogP contribution in [0.15, 0.2) is 30.3 Å². The van der Waals surface area contributed by atoms with E-state index in [-0.39, 0.29) is 11.8 Å². The van der Waals surface area contributed by atoms with Crippen molar-refractivity contribution in [2.75, 3.05) is 20.4 Å². The summed E-state index contributed by atoms with van der Waals surface area (Å²) in [5, 5.41) is 9.98. The van der Waals surface area contributed by atoms with Crippen LogP contribution in [-0.2, 0) is 13.0 Å². The van der Waals surface area contributed by atoms with Crippen LogP contribution < -0.4 is 14.2 Å². The second kappa shape index (κ2) is 5.91. The van der Waals surface area contributed by atoms with Crippen LogP contribution in [0, 0.1) is 0 Å². The Bertz CT molecular complexity index is 774. The van der Waals surface area contributed by atoms with E-state index < -0.39 is 0 Å². The molecule has 1 atom stereocenters. The molecule has 24 heavy (non-hydrogen) atoms. The van der Waals surface area contributed by atoms with Gasteiger partial charge in [0.1, 0.15) is 0 Å². The molecule has 0 aliphatic carbocycles. The monoisotopic (exact) mass is 327 g/mol. The predicted octanol–water partition coefficient (Wildman–Crippen LogP) is 3.25. The Morgan fingerprint density at radius 1 is 1.21 bits per heavy atom. The molecule has 2 aliphatic rings. The van der Waals surface area contributed by atoms with Gasteiger partial charge in [0, 0.05) is 19.1 Å². The maximum absolute atomic E-state index is 9.98. The van der Waals surface area contributed by atoms with E-state index in [2.05, 4.69) is 24.0 Å². The first-order valence-corrected chi connectivity index (χ1v) is 8.18. The number of nitrogens with zero attached hydrogens (tertiary/aromatic N) is 1. The van der Waals surface area contributed by atoms with Gasteiger partial charge in [-0.05, 0) is 54.3 Å². The average Bonchev–Trinajstić information content (AvgIpc) is 3.05. The molecule has 0 aromatic heterocycles. The van der Waals surface area contributed by atoms with E-state index in [1.807, 2.05) is 18.2 Å². The van der Waals surface area contributed by atoms with Crippen molar-refractivity contribution in [3.63, 3.8) is 0 Å². The van der Waals surface area contributed by atoms with Gasteiger partial charge < -0.3 is 19.3 Å². The van der Waals surface area contributed by atoms with Crippen LogP contribution in [0.2, 0.25) is 0 Å². The van der Waals surface area contributed by atoms with Crippen molar-refractivity contribution in [1.29, 1.82) is 0 Å². The highest BCUT2D eigenvalue weighted by Crippen LogP contribution is 2.38. The van der Waals surface area contributed by atoms with E-state index in [0.717, 1.165) is 31.0 Å². The van der Waals surface area contributed by atoms with E-state index in [4.69, 9.17) is 14.2 Å². The zero-order chi connectivity index (χ0) is 16.7. The number of methoxy groups -OCH3 is 1. The van der Waals surface area contributed by atoms with Crippen molar-refractivity contribution < 1.29 is 19.3 Å². The molecule has 5 heteroatoms. The summed E-state index contributed by atoms with van der Waals surface area (Å²) in [5.41, 5.74) is 3.62. The van der Waals surface area contributed by atoms with E-state index in [1.54, 1.807) is 7.11 Å². The number of ether oxygens (including phenoxy) is 3. The predicted molar refractivity (Wildman–Crippen MR) is 89.8 cm³/mol. The third kappa shape index (κ3) is 2.55. The maximum Gasteiger partial charge on any atom is 0.231 e. The fourth-order valence-corrected chi connectivity index (χ4v) is 3.54. The smallest absolute Gasteiger partial charge is 0.231 e. The van der Waals surface area contributed by atoms with Crippen molar-refractivity contribution in [2.24, 2.45) is 0 Å². The summed E-state index contributed by atoms with van der Waals surface area (Å²) < 4.78 is 16.1. The topological polar surface area (TPSA) is 51.2 Å². The lowest BCUT2D eigenvalue weighted by Gasteiger charge is -2.35. The molecule has 5 nitrogen and oxygen atoms in total. The third-order valence-electron chi connectivity index (χ3n) is 4.93. The molecule has 126 valence electrons. The van der Waals surface area contributed by atoms with E-state index >= 15 is 0 Å². The number of hydrogen-bond donors (Lipinski definition) is 1. The minimum Gasteiger partial charge on any atom is -0.504 e. The first kappa shape index (κ1) is 15.1. The molecular weight excluding hydrogens is 306 g/mol. The van der Waals surface area contributed by atoms with Crippen molar-refractivity contribution in [2.45, 2.75) is 25.9 Å². The molecule has 0 bridgehead atoms. The second-order valence-corrected chi connectivity index (χ2v) is 6.31. The van der Waals surface area contributed by atoms with Gasteiger partial charge in [-0.2, -0.15) is 0 Å². The summed E-state index contributed by atoms with van der Waals surface area (Å²) in [6.45, 7) is 4.30. The van der Waals surface area contributed by atoms with Crippen LogP contribution in [-0.4, -0.2) is 30.5 Å². The van der Waals surface area contributed by atoms with Gasteiger partial charge in [0.25, 0.3) is 0 Å². The highest BCUT2D eigenvalue weighted by molar-refractivity contribution is 5.49. The Balaban J connectivity index is 1.57. The van der Waals surface area contributed by atoms with Gasteiger partial charge in [-0.15, -0.1) is 0 Å². The molecular formula is C19H21NO4. The molecule has 0 spiro atoms. The molecule has 0 saturated carbocycles. The first-order valence-electron chi connectivity index (χ1n) is 8.18. The highest BCUT2D eigenvalue weighted by Gasteiger charge is 2.26. The Morgan fingerprint density at radius 2 is 2.04 bits per heavy atom. The van der Waals surface area contributed by atoms with Gasteiger partial charge in [-0.25, -0.2) is 0 Å². The molecule has 4 rings (SSSR count). The normalized spacial score (nSPS) is 19.2. The van der Waals surface area contributed by atoms with Crippen LogP contribution in [0.25, 0.3) is 0 Å². The summed E-state index contributed by atoms with van der Waals surface area (Å²) in [5.74, 6) is 2.39. The summed E-state index contributed by atoms with van der Waals surface area (Å²) in [6.07, 6.45) is 0.918. The minimum absolute atomic E-state index is 0.215. The lowest BCUT2D eigenvalue weighted by molar-refractivity contribution is 0.173. The molecule has 2 aromatic carbocycles. The highest BCUT2D eigenvalue weighted by atomic mass is 16.7. The number of phenolic OH excluding ortho intramolecular Hbond substituents is 1. The zero-order valence-electron chi connectivity index (χ0n) is 13.9. The van der Waals surface area contributed by atoms with Crippen molar-refractivity contribution >= 4 is 0 Å². The number of phenols is 1. The lowest BCUT2D eigenvalue weighted by atomic mass is 9.92. The lowest BCUT2D eigenvalue weighted by Crippen LogP contribution is -2.33. The molecule has 0 amide bonds. The summed E-state index contributed by atoms with van der Waals surface area (Å²) in [4.78, 5) is 2.43. The van der Waals surface area contributed by atoms with Crippen LogP contribution in [0.3, 0.4) is 0 Å². The van der Waals surface area contributed by atoms with Crippen LogP contribution in [0.1, 0.15) is 29.7 Å². The Morgan fingerprint density at radius 3 is 2.88 bits per heavy atom. The van der Waals surface area contributed by atoms with Crippen LogP contribution >= 0.6 is 0 Å². The number of fused-ring (bicyclic) bond motifs is 2. The fourth-order valence-electron chi connectivity index (χ4n) is 3.54. The molecule has 0 unspecified atom stereocenters. The number of hydrogen-bond acceptors (Lipinski definition) is 5. The number of rotatable bonds is 3. The first-order chi connectivity index (χ1) is 11.7. The number of benzene rings is 2. The van der Waals surface area contributed by atoms with Gasteiger partial charge in [0.05, 0.1) is 7.11 Å².